The van der Waals surface area contributed by atoms with E-state index >= 15 is 0 Å². The molecule has 0 aliphatic carbocycles. The van der Waals surface area contributed by atoms with Crippen molar-refractivity contribution in [2.24, 2.45) is 5.92 Å². The summed E-state index contributed by atoms with van der Waals surface area (Å²) in [6.45, 7) is 11.5. The molecular formula is C23H34N4O4S. The molecule has 0 bridgehead atoms. The molecule has 2 aromatic heterocycles. The van der Waals surface area contributed by atoms with Crippen LogP contribution in [0, 0.1) is 19.8 Å². The molecule has 0 saturated carbocycles. The molecular weight excluding hydrogens is 428 g/mol. The minimum atomic E-state index is -3.30. The Bertz CT molecular complexity index is 1030. The summed E-state index contributed by atoms with van der Waals surface area (Å²) in [5, 5.41) is 0. The van der Waals surface area contributed by atoms with Crippen LogP contribution in [0.4, 0.5) is 0 Å². The van der Waals surface area contributed by atoms with Crippen LogP contribution in [0.2, 0.25) is 0 Å². The lowest BCUT2D eigenvalue weighted by Gasteiger charge is -2.30. The van der Waals surface area contributed by atoms with Crippen LogP contribution in [0.15, 0.2) is 24.7 Å². The highest BCUT2D eigenvalue weighted by Crippen LogP contribution is 2.33. The van der Waals surface area contributed by atoms with Crippen LogP contribution >= 0.6 is 0 Å². The van der Waals surface area contributed by atoms with Crippen molar-refractivity contribution in [3.63, 3.8) is 0 Å². The molecule has 3 heterocycles. The third-order valence-corrected chi connectivity index (χ3v) is 8.04. The van der Waals surface area contributed by atoms with Crippen LogP contribution in [-0.4, -0.2) is 51.6 Å². The number of aryl methyl sites for hydroxylation is 1. The monoisotopic (exact) mass is 462 g/mol. The number of hydrogen-bond donors (Lipinski definition) is 0. The summed E-state index contributed by atoms with van der Waals surface area (Å²) in [5.41, 5.74) is 1.45. The highest BCUT2D eigenvalue weighted by Gasteiger charge is 2.40. The number of pyridine rings is 1. The number of hydrogen-bond acceptors (Lipinski definition) is 7. The lowest BCUT2D eigenvalue weighted by molar-refractivity contribution is 0.167. The Morgan fingerprint density at radius 2 is 1.84 bits per heavy atom. The molecule has 0 N–H and O–H groups in total. The first-order valence-electron chi connectivity index (χ1n) is 11.2. The predicted octanol–water partition coefficient (Wildman–Crippen LogP) is 4.28. The molecule has 9 heteroatoms. The first-order valence-corrected chi connectivity index (χ1v) is 12.8. The fraction of sp³-hybridized carbons (Fsp3) is 0.609. The molecule has 1 aliphatic rings. The molecule has 2 aromatic rings. The van der Waals surface area contributed by atoms with E-state index < -0.39 is 10.0 Å². The minimum Gasteiger partial charge on any atom is -0.474 e. The Morgan fingerprint density at radius 1 is 1.12 bits per heavy atom. The summed E-state index contributed by atoms with van der Waals surface area (Å²) in [7, 11) is -3.30. The van der Waals surface area contributed by atoms with Crippen molar-refractivity contribution in [3.05, 3.63) is 35.9 Å². The van der Waals surface area contributed by atoms with Crippen molar-refractivity contribution < 1.29 is 17.9 Å². The molecule has 2 unspecified atom stereocenters. The zero-order valence-corrected chi connectivity index (χ0v) is 20.6. The van der Waals surface area contributed by atoms with Crippen LogP contribution < -0.4 is 9.47 Å². The molecule has 3 atom stereocenters. The predicted molar refractivity (Wildman–Crippen MR) is 123 cm³/mol. The standard InChI is InChI=1S/C23H34N4O4S/c1-15(2)13-32(28,29)27-16(3)9-10-20(27)12-17(4)30-22-18(5)23(26-14-25-22)31-21-8-7-11-24-19(21)6/h7-8,11,14-17,20H,9-10,12-13H2,1-6H3/t16?,17-,20?/m1/s1. The molecule has 8 nitrogen and oxygen atoms in total. The van der Waals surface area contributed by atoms with Gasteiger partial charge in [0.25, 0.3) is 0 Å². The zero-order chi connectivity index (χ0) is 23.5. The Hall–Kier alpha value is -2.26. The van der Waals surface area contributed by atoms with Gasteiger partial charge in [-0.25, -0.2) is 18.4 Å². The second-order valence-corrected chi connectivity index (χ2v) is 11.0. The molecule has 1 saturated heterocycles. The van der Waals surface area contributed by atoms with Gasteiger partial charge in [-0.2, -0.15) is 4.31 Å². The van der Waals surface area contributed by atoms with Gasteiger partial charge in [-0.1, -0.05) is 13.8 Å². The second-order valence-electron chi connectivity index (χ2n) is 9.04. The molecule has 0 amide bonds. The lowest BCUT2D eigenvalue weighted by atomic mass is 10.1. The third kappa shape index (κ3) is 5.75. The summed E-state index contributed by atoms with van der Waals surface area (Å²) in [5.74, 6) is 1.73. The highest BCUT2D eigenvalue weighted by atomic mass is 32.2. The molecule has 0 radical (unpaired) electrons. The van der Waals surface area contributed by atoms with Crippen LogP contribution in [0.25, 0.3) is 0 Å². The summed E-state index contributed by atoms with van der Waals surface area (Å²) in [6, 6.07) is 3.58. The molecule has 0 spiro atoms. The van der Waals surface area contributed by atoms with Crippen LogP contribution in [0.5, 0.6) is 17.5 Å². The first-order chi connectivity index (χ1) is 15.1. The molecule has 32 heavy (non-hydrogen) atoms. The summed E-state index contributed by atoms with van der Waals surface area (Å²) >= 11 is 0. The third-order valence-electron chi connectivity index (χ3n) is 5.65. The van der Waals surface area contributed by atoms with Crippen molar-refractivity contribution in [3.8, 4) is 17.5 Å². The van der Waals surface area contributed by atoms with Gasteiger partial charge >= 0.3 is 0 Å². The van der Waals surface area contributed by atoms with Gasteiger partial charge in [0.15, 0.2) is 5.75 Å². The molecule has 3 rings (SSSR count). The maximum Gasteiger partial charge on any atom is 0.229 e. The molecule has 1 fully saturated rings. The molecule has 1 aliphatic heterocycles. The second kappa shape index (κ2) is 10.1. The zero-order valence-electron chi connectivity index (χ0n) is 19.8. The van der Waals surface area contributed by atoms with Gasteiger partial charge in [0.2, 0.25) is 21.8 Å². The number of ether oxygens (including phenoxy) is 2. The van der Waals surface area contributed by atoms with Crippen LogP contribution in [-0.2, 0) is 10.0 Å². The van der Waals surface area contributed by atoms with Crippen molar-refractivity contribution in [2.75, 3.05) is 5.75 Å². The Morgan fingerprint density at radius 3 is 2.53 bits per heavy atom. The first kappa shape index (κ1) is 24.4. The largest absolute Gasteiger partial charge is 0.474 e. The van der Waals surface area contributed by atoms with E-state index in [-0.39, 0.29) is 29.9 Å². The lowest BCUT2D eigenvalue weighted by Crippen LogP contribution is -2.43. The van der Waals surface area contributed by atoms with Gasteiger partial charge in [-0.15, -0.1) is 0 Å². The van der Waals surface area contributed by atoms with Crippen molar-refractivity contribution >= 4 is 10.0 Å². The van der Waals surface area contributed by atoms with Gasteiger partial charge in [-0.3, -0.25) is 4.98 Å². The van der Waals surface area contributed by atoms with E-state index in [1.54, 1.807) is 16.6 Å². The van der Waals surface area contributed by atoms with Crippen LogP contribution in [0.3, 0.4) is 0 Å². The van der Waals surface area contributed by atoms with Gasteiger partial charge < -0.3 is 9.47 Å². The fourth-order valence-corrected chi connectivity index (χ4v) is 6.54. The van der Waals surface area contributed by atoms with E-state index in [1.165, 1.54) is 6.33 Å². The number of sulfonamides is 1. The normalized spacial score (nSPS) is 20.5. The molecule has 0 aromatic carbocycles. The Kier molecular flexibility index (Phi) is 7.71. The topological polar surface area (TPSA) is 94.5 Å². The van der Waals surface area contributed by atoms with Gasteiger partial charge in [-0.05, 0) is 58.6 Å². The van der Waals surface area contributed by atoms with Crippen molar-refractivity contribution in [1.29, 1.82) is 0 Å². The minimum absolute atomic E-state index is 0.0134. The van der Waals surface area contributed by atoms with E-state index in [9.17, 15) is 8.42 Å². The quantitative estimate of drug-likeness (QED) is 0.549. The SMILES string of the molecule is Cc1ncccc1Oc1ncnc(O[C@H](C)CC2CCC(C)N2S(=O)(=O)CC(C)C)c1C. The summed E-state index contributed by atoms with van der Waals surface area (Å²) in [4.78, 5) is 12.7. The highest BCUT2D eigenvalue weighted by molar-refractivity contribution is 7.89. The number of aromatic nitrogens is 3. The van der Waals surface area contributed by atoms with Gasteiger partial charge in [0, 0.05) is 24.7 Å². The Balaban J connectivity index is 1.71. The maximum absolute atomic E-state index is 12.9. The summed E-state index contributed by atoms with van der Waals surface area (Å²) in [6.07, 6.45) is 5.20. The van der Waals surface area contributed by atoms with E-state index in [4.69, 9.17) is 9.47 Å². The van der Waals surface area contributed by atoms with E-state index in [2.05, 4.69) is 15.0 Å². The smallest absolute Gasteiger partial charge is 0.229 e. The Labute approximate surface area is 191 Å². The van der Waals surface area contributed by atoms with Crippen molar-refractivity contribution in [2.45, 2.75) is 79.0 Å². The van der Waals surface area contributed by atoms with E-state index in [1.807, 2.05) is 47.6 Å². The van der Waals surface area contributed by atoms with Crippen molar-refractivity contribution in [1.82, 2.24) is 19.3 Å². The molecule has 176 valence electrons. The number of rotatable bonds is 9. The van der Waals surface area contributed by atoms with E-state index in [0.29, 0.717) is 29.5 Å². The van der Waals surface area contributed by atoms with E-state index in [0.717, 1.165) is 18.5 Å². The average Bonchev–Trinajstić information content (AvgIpc) is 3.06. The van der Waals surface area contributed by atoms with Crippen LogP contribution in [0.1, 0.15) is 58.2 Å². The summed E-state index contributed by atoms with van der Waals surface area (Å²) < 4.78 is 39.7. The number of nitrogens with zero attached hydrogens (tertiary/aromatic N) is 4. The fourth-order valence-electron chi connectivity index (χ4n) is 4.22. The maximum atomic E-state index is 12.9. The van der Waals surface area contributed by atoms with Gasteiger partial charge in [0.1, 0.15) is 6.33 Å². The van der Waals surface area contributed by atoms with Gasteiger partial charge in [0.05, 0.1) is 23.1 Å². The average molecular weight is 463 g/mol.